The predicted molar refractivity (Wildman–Crippen MR) is 120 cm³/mol. The molecule has 1 amide bonds. The molecule has 0 saturated heterocycles. The SMILES string of the molecule is Cc1ccccc1CNC(=O)CN(c1cccc(Cl)c1Cl)S(=O)(=O)c1ccccc1. The van der Waals surface area contributed by atoms with E-state index in [-0.39, 0.29) is 27.2 Å². The predicted octanol–water partition coefficient (Wildman–Crippen LogP) is 4.81. The van der Waals surface area contributed by atoms with E-state index in [4.69, 9.17) is 23.2 Å². The van der Waals surface area contributed by atoms with E-state index >= 15 is 0 Å². The van der Waals surface area contributed by atoms with Gasteiger partial charge in [-0.3, -0.25) is 9.10 Å². The fourth-order valence-corrected chi connectivity index (χ4v) is 4.79. The Balaban J connectivity index is 1.91. The van der Waals surface area contributed by atoms with Gasteiger partial charge in [0.15, 0.2) is 0 Å². The number of hydrogen-bond acceptors (Lipinski definition) is 3. The minimum atomic E-state index is -4.05. The zero-order valence-electron chi connectivity index (χ0n) is 16.2. The number of carbonyl (C=O) groups excluding carboxylic acids is 1. The summed E-state index contributed by atoms with van der Waals surface area (Å²) < 4.78 is 27.6. The second kappa shape index (κ2) is 9.51. The molecular formula is C22H20Cl2N2O3S. The van der Waals surface area contributed by atoms with Crippen LogP contribution in [0.25, 0.3) is 0 Å². The van der Waals surface area contributed by atoms with Gasteiger partial charge in [0.25, 0.3) is 10.0 Å². The number of aryl methyl sites for hydroxylation is 1. The first-order valence-corrected chi connectivity index (χ1v) is 11.3. The van der Waals surface area contributed by atoms with E-state index in [9.17, 15) is 13.2 Å². The number of sulfonamides is 1. The fraction of sp³-hybridized carbons (Fsp3) is 0.136. The van der Waals surface area contributed by atoms with Gasteiger partial charge in [-0.15, -0.1) is 0 Å². The van der Waals surface area contributed by atoms with Crippen LogP contribution in [0.5, 0.6) is 0 Å². The van der Waals surface area contributed by atoms with Crippen molar-refractivity contribution >= 4 is 44.8 Å². The molecule has 0 saturated carbocycles. The van der Waals surface area contributed by atoms with Gasteiger partial charge in [-0.1, -0.05) is 71.7 Å². The molecule has 0 radical (unpaired) electrons. The topological polar surface area (TPSA) is 66.5 Å². The van der Waals surface area contributed by atoms with Gasteiger partial charge in [0.1, 0.15) is 6.54 Å². The Morgan fingerprint density at radius 1 is 0.933 bits per heavy atom. The van der Waals surface area contributed by atoms with E-state index in [2.05, 4.69) is 5.32 Å². The van der Waals surface area contributed by atoms with Crippen LogP contribution in [0.2, 0.25) is 10.0 Å². The first-order chi connectivity index (χ1) is 14.3. The maximum atomic E-state index is 13.3. The van der Waals surface area contributed by atoms with Crippen LogP contribution in [0.4, 0.5) is 5.69 Å². The Hall–Kier alpha value is -2.54. The molecule has 5 nitrogen and oxygen atoms in total. The molecule has 8 heteroatoms. The summed E-state index contributed by atoms with van der Waals surface area (Å²) in [4.78, 5) is 12.7. The summed E-state index contributed by atoms with van der Waals surface area (Å²) in [5.41, 5.74) is 2.12. The second-order valence-electron chi connectivity index (χ2n) is 6.60. The van der Waals surface area contributed by atoms with Crippen LogP contribution in [-0.2, 0) is 21.4 Å². The van der Waals surface area contributed by atoms with Gasteiger partial charge in [-0.05, 0) is 42.3 Å². The molecule has 0 aliphatic carbocycles. The first-order valence-electron chi connectivity index (χ1n) is 9.13. The zero-order chi connectivity index (χ0) is 21.7. The Bertz CT molecular complexity index is 1150. The van der Waals surface area contributed by atoms with Crippen molar-refractivity contribution in [3.63, 3.8) is 0 Å². The van der Waals surface area contributed by atoms with E-state index in [0.29, 0.717) is 0 Å². The van der Waals surface area contributed by atoms with Crippen molar-refractivity contribution < 1.29 is 13.2 Å². The molecule has 0 spiro atoms. The quantitative estimate of drug-likeness (QED) is 0.547. The molecule has 3 aromatic rings. The summed E-state index contributed by atoms with van der Waals surface area (Å²) >= 11 is 12.4. The maximum absolute atomic E-state index is 13.3. The Kier molecular flexibility index (Phi) is 7.02. The normalized spacial score (nSPS) is 11.2. The van der Waals surface area contributed by atoms with E-state index in [1.54, 1.807) is 30.3 Å². The molecule has 0 heterocycles. The summed E-state index contributed by atoms with van der Waals surface area (Å²) in [5.74, 6) is -0.464. The van der Waals surface area contributed by atoms with Crippen molar-refractivity contribution in [1.29, 1.82) is 0 Å². The van der Waals surface area contributed by atoms with Gasteiger partial charge < -0.3 is 5.32 Å². The maximum Gasteiger partial charge on any atom is 0.264 e. The van der Waals surface area contributed by atoms with Crippen LogP contribution < -0.4 is 9.62 Å². The molecule has 3 rings (SSSR count). The van der Waals surface area contributed by atoms with Crippen LogP contribution in [-0.4, -0.2) is 20.9 Å². The third kappa shape index (κ3) is 4.95. The number of carbonyl (C=O) groups is 1. The van der Waals surface area contributed by atoms with Crippen molar-refractivity contribution in [2.45, 2.75) is 18.4 Å². The molecule has 0 unspecified atom stereocenters. The number of amides is 1. The molecular weight excluding hydrogens is 443 g/mol. The van der Waals surface area contributed by atoms with Crippen LogP contribution in [0.15, 0.2) is 77.7 Å². The van der Waals surface area contributed by atoms with E-state index < -0.39 is 22.5 Å². The molecule has 3 aromatic carbocycles. The molecule has 0 aliphatic heterocycles. The Labute approximate surface area is 186 Å². The third-order valence-electron chi connectivity index (χ3n) is 4.56. The van der Waals surface area contributed by atoms with Crippen molar-refractivity contribution in [2.24, 2.45) is 0 Å². The minimum absolute atomic E-state index is 0.0488. The smallest absolute Gasteiger partial charge is 0.264 e. The number of rotatable bonds is 7. The average Bonchev–Trinajstić information content (AvgIpc) is 2.74. The molecule has 0 aromatic heterocycles. The second-order valence-corrected chi connectivity index (χ2v) is 9.25. The molecule has 1 N–H and O–H groups in total. The highest BCUT2D eigenvalue weighted by molar-refractivity contribution is 7.92. The van der Waals surface area contributed by atoms with Crippen molar-refractivity contribution in [2.75, 3.05) is 10.8 Å². The van der Waals surface area contributed by atoms with E-state index in [1.807, 2.05) is 31.2 Å². The highest BCUT2D eigenvalue weighted by atomic mass is 35.5. The molecule has 0 aliphatic rings. The van der Waals surface area contributed by atoms with E-state index in [0.717, 1.165) is 15.4 Å². The zero-order valence-corrected chi connectivity index (χ0v) is 18.5. The number of benzene rings is 3. The third-order valence-corrected chi connectivity index (χ3v) is 7.14. The highest BCUT2D eigenvalue weighted by Crippen LogP contribution is 2.35. The summed E-state index contributed by atoms with van der Waals surface area (Å²) in [6.07, 6.45) is 0. The van der Waals surface area contributed by atoms with Gasteiger partial charge in [0.2, 0.25) is 5.91 Å². The Morgan fingerprint density at radius 3 is 2.30 bits per heavy atom. The molecule has 30 heavy (non-hydrogen) atoms. The number of nitrogens with one attached hydrogen (secondary N) is 1. The minimum Gasteiger partial charge on any atom is -0.350 e. The van der Waals surface area contributed by atoms with Crippen LogP contribution in [0.1, 0.15) is 11.1 Å². The van der Waals surface area contributed by atoms with Gasteiger partial charge in [-0.2, -0.15) is 0 Å². The lowest BCUT2D eigenvalue weighted by atomic mass is 10.1. The number of nitrogens with zero attached hydrogens (tertiary/aromatic N) is 1. The lowest BCUT2D eigenvalue weighted by Crippen LogP contribution is -2.41. The summed E-state index contributed by atoms with van der Waals surface area (Å²) in [6, 6.07) is 20.2. The van der Waals surface area contributed by atoms with Crippen LogP contribution >= 0.6 is 23.2 Å². The largest absolute Gasteiger partial charge is 0.350 e. The van der Waals surface area contributed by atoms with Crippen molar-refractivity contribution in [3.05, 3.63) is 94.0 Å². The van der Waals surface area contributed by atoms with Gasteiger partial charge in [0.05, 0.1) is 20.6 Å². The lowest BCUT2D eigenvalue weighted by molar-refractivity contribution is -0.119. The van der Waals surface area contributed by atoms with E-state index in [1.165, 1.54) is 18.2 Å². The summed E-state index contributed by atoms with van der Waals surface area (Å²) in [6.45, 7) is 1.79. The summed E-state index contributed by atoms with van der Waals surface area (Å²) in [5, 5.41) is 3.03. The molecule has 0 bridgehead atoms. The van der Waals surface area contributed by atoms with Crippen molar-refractivity contribution in [3.8, 4) is 0 Å². The van der Waals surface area contributed by atoms with Crippen LogP contribution in [0, 0.1) is 6.92 Å². The Morgan fingerprint density at radius 2 is 1.60 bits per heavy atom. The lowest BCUT2D eigenvalue weighted by Gasteiger charge is -2.25. The summed E-state index contributed by atoms with van der Waals surface area (Å²) in [7, 11) is -4.05. The molecule has 156 valence electrons. The van der Waals surface area contributed by atoms with Gasteiger partial charge >= 0.3 is 0 Å². The molecule has 0 fully saturated rings. The number of anilines is 1. The van der Waals surface area contributed by atoms with Crippen molar-refractivity contribution in [1.82, 2.24) is 5.32 Å². The molecule has 0 atom stereocenters. The van der Waals surface area contributed by atoms with Crippen LogP contribution in [0.3, 0.4) is 0 Å². The standard InChI is InChI=1S/C22H20Cl2N2O3S/c1-16-8-5-6-9-17(16)14-25-21(27)15-26(20-13-7-12-19(23)22(20)24)30(28,29)18-10-3-2-4-11-18/h2-13H,14-15H2,1H3,(H,25,27). The average molecular weight is 463 g/mol. The first kappa shape index (κ1) is 22.2. The highest BCUT2D eigenvalue weighted by Gasteiger charge is 2.29. The van der Waals surface area contributed by atoms with Gasteiger partial charge in [0, 0.05) is 6.54 Å². The number of hydrogen-bond donors (Lipinski definition) is 1. The van der Waals surface area contributed by atoms with Gasteiger partial charge in [-0.25, -0.2) is 8.42 Å². The number of halogens is 2. The fourth-order valence-electron chi connectivity index (χ4n) is 2.89. The monoisotopic (exact) mass is 462 g/mol.